The van der Waals surface area contributed by atoms with Gasteiger partial charge in [-0.05, 0) is 26.0 Å². The summed E-state index contributed by atoms with van der Waals surface area (Å²) < 4.78 is 5.21. The van der Waals surface area contributed by atoms with Crippen LogP contribution in [0, 0.1) is 11.8 Å². The number of amides is 1. The Labute approximate surface area is 113 Å². The molecule has 1 rings (SSSR count). The molecule has 5 nitrogen and oxygen atoms in total. The summed E-state index contributed by atoms with van der Waals surface area (Å²) in [5.74, 6) is 5.96. The second-order valence-corrected chi connectivity index (χ2v) is 4.62. The van der Waals surface area contributed by atoms with Gasteiger partial charge in [0.05, 0.1) is 18.6 Å². The average molecular weight is 261 g/mol. The molecule has 0 aliphatic carbocycles. The summed E-state index contributed by atoms with van der Waals surface area (Å²) in [6.07, 6.45) is 1.85. The summed E-state index contributed by atoms with van der Waals surface area (Å²) in [7, 11) is 1.58. The van der Waals surface area contributed by atoms with E-state index in [1.165, 1.54) is 0 Å². The fraction of sp³-hybridized carbons (Fsp3) is 0.429. The maximum absolute atomic E-state index is 11.8. The third kappa shape index (κ3) is 5.51. The van der Waals surface area contributed by atoms with E-state index in [9.17, 15) is 4.79 Å². The fourth-order valence-electron chi connectivity index (χ4n) is 1.38. The summed E-state index contributed by atoms with van der Waals surface area (Å²) in [5, 5.41) is 2.72. The van der Waals surface area contributed by atoms with Crippen LogP contribution in [0.15, 0.2) is 18.3 Å². The third-order valence-electron chi connectivity index (χ3n) is 2.50. The first-order valence-electron chi connectivity index (χ1n) is 5.97. The molecule has 19 heavy (non-hydrogen) atoms. The molecule has 1 aromatic heterocycles. The number of methoxy groups -OCH3 is 1. The van der Waals surface area contributed by atoms with Crippen LogP contribution in [-0.2, 0) is 9.53 Å². The predicted molar refractivity (Wildman–Crippen MR) is 74.5 cm³/mol. The zero-order chi connectivity index (χ0) is 14.3. The van der Waals surface area contributed by atoms with E-state index in [1.54, 1.807) is 25.4 Å². The van der Waals surface area contributed by atoms with Gasteiger partial charge in [0.25, 0.3) is 0 Å². The number of hydrogen-bond acceptors (Lipinski definition) is 4. The molecule has 0 saturated heterocycles. The summed E-state index contributed by atoms with van der Waals surface area (Å²) >= 11 is 0. The Hall–Kier alpha value is -1.90. The topological polar surface area (TPSA) is 77.2 Å². The van der Waals surface area contributed by atoms with E-state index in [0.29, 0.717) is 12.4 Å². The summed E-state index contributed by atoms with van der Waals surface area (Å²) in [5.41, 5.74) is 5.57. The van der Waals surface area contributed by atoms with Crippen LogP contribution in [0.4, 0.5) is 5.82 Å². The second kappa shape index (κ2) is 6.88. The van der Waals surface area contributed by atoms with Crippen molar-refractivity contribution in [2.45, 2.75) is 25.9 Å². The van der Waals surface area contributed by atoms with Crippen LogP contribution < -0.4 is 11.1 Å². The Morgan fingerprint density at radius 2 is 2.32 bits per heavy atom. The van der Waals surface area contributed by atoms with Crippen LogP contribution in [0.5, 0.6) is 0 Å². The first kappa shape index (κ1) is 15.2. The van der Waals surface area contributed by atoms with Crippen molar-refractivity contribution in [1.82, 2.24) is 4.98 Å². The maximum Gasteiger partial charge on any atom is 0.228 e. The molecule has 0 spiro atoms. The van der Waals surface area contributed by atoms with E-state index in [1.807, 2.05) is 13.8 Å². The van der Waals surface area contributed by atoms with Crippen molar-refractivity contribution in [3.8, 4) is 11.8 Å². The molecule has 0 atom stereocenters. The van der Waals surface area contributed by atoms with Gasteiger partial charge < -0.3 is 15.8 Å². The monoisotopic (exact) mass is 261 g/mol. The highest BCUT2D eigenvalue weighted by atomic mass is 16.5. The van der Waals surface area contributed by atoms with Crippen molar-refractivity contribution in [2.24, 2.45) is 5.73 Å². The molecule has 3 N–H and O–H groups in total. The summed E-state index contributed by atoms with van der Waals surface area (Å²) in [6.45, 7) is 4.00. The molecular weight excluding hydrogens is 242 g/mol. The molecule has 0 aliphatic heterocycles. The van der Waals surface area contributed by atoms with Crippen LogP contribution in [0.25, 0.3) is 0 Å². The Balaban J connectivity index is 2.69. The number of carbonyl (C=O) groups is 1. The fourth-order valence-corrected chi connectivity index (χ4v) is 1.38. The predicted octanol–water partition coefficient (Wildman–Crippen LogP) is 1.15. The molecule has 0 fully saturated rings. The van der Waals surface area contributed by atoms with Crippen LogP contribution in [0.1, 0.15) is 25.8 Å². The highest BCUT2D eigenvalue weighted by Gasteiger charge is 2.21. The lowest BCUT2D eigenvalue weighted by Gasteiger charge is -2.21. The van der Waals surface area contributed by atoms with Crippen molar-refractivity contribution in [3.05, 3.63) is 23.9 Å². The zero-order valence-corrected chi connectivity index (χ0v) is 11.5. The molecular formula is C14H19N3O2. The largest absolute Gasteiger partial charge is 0.378 e. The zero-order valence-electron chi connectivity index (χ0n) is 11.5. The first-order chi connectivity index (χ1) is 8.96. The lowest BCUT2D eigenvalue weighted by atomic mass is 10.1. The van der Waals surface area contributed by atoms with Gasteiger partial charge in [0.1, 0.15) is 5.82 Å². The first-order valence-corrected chi connectivity index (χ1v) is 5.97. The Bertz CT molecular complexity index is 501. The lowest BCUT2D eigenvalue weighted by molar-refractivity contribution is -0.121. The van der Waals surface area contributed by atoms with Gasteiger partial charge in [-0.15, -0.1) is 0 Å². The minimum Gasteiger partial charge on any atom is -0.378 e. The van der Waals surface area contributed by atoms with Gasteiger partial charge in [-0.25, -0.2) is 4.98 Å². The lowest BCUT2D eigenvalue weighted by Crippen LogP contribution is -2.29. The molecule has 0 unspecified atom stereocenters. The smallest absolute Gasteiger partial charge is 0.228 e. The van der Waals surface area contributed by atoms with Gasteiger partial charge in [-0.1, -0.05) is 11.8 Å². The average Bonchev–Trinajstić information content (AvgIpc) is 2.36. The summed E-state index contributed by atoms with van der Waals surface area (Å²) in [6, 6.07) is 3.47. The highest BCUT2D eigenvalue weighted by Crippen LogP contribution is 2.14. The Morgan fingerprint density at radius 3 is 2.95 bits per heavy atom. The minimum absolute atomic E-state index is 0.150. The van der Waals surface area contributed by atoms with Gasteiger partial charge in [-0.3, -0.25) is 4.79 Å². The number of rotatable bonds is 4. The number of nitrogens with two attached hydrogens (primary N) is 1. The molecule has 0 aromatic carbocycles. The van der Waals surface area contributed by atoms with Gasteiger partial charge in [0.15, 0.2) is 0 Å². The second-order valence-electron chi connectivity index (χ2n) is 4.62. The number of carbonyl (C=O) groups excluding carboxylic acids is 1. The SMILES string of the molecule is COC(C)(C)CC(=O)Nc1cc(C#CCN)ccn1. The Morgan fingerprint density at radius 1 is 1.58 bits per heavy atom. The van der Waals surface area contributed by atoms with Crippen LogP contribution >= 0.6 is 0 Å². The number of nitrogens with one attached hydrogen (secondary N) is 1. The number of aromatic nitrogens is 1. The van der Waals surface area contributed by atoms with Gasteiger partial charge in [-0.2, -0.15) is 0 Å². The van der Waals surface area contributed by atoms with Crippen LogP contribution in [0.3, 0.4) is 0 Å². The number of pyridine rings is 1. The molecule has 0 aliphatic rings. The molecule has 0 saturated carbocycles. The van der Waals surface area contributed by atoms with Gasteiger partial charge >= 0.3 is 0 Å². The normalized spacial score (nSPS) is 10.5. The van der Waals surface area contributed by atoms with Crippen molar-refractivity contribution >= 4 is 11.7 Å². The van der Waals surface area contributed by atoms with E-state index >= 15 is 0 Å². The number of ether oxygens (including phenoxy) is 1. The van der Waals surface area contributed by atoms with Crippen LogP contribution in [-0.4, -0.2) is 30.1 Å². The number of hydrogen-bond donors (Lipinski definition) is 2. The van der Waals surface area contributed by atoms with Crippen molar-refractivity contribution in [1.29, 1.82) is 0 Å². The molecule has 102 valence electrons. The molecule has 0 radical (unpaired) electrons. The van der Waals surface area contributed by atoms with E-state index in [2.05, 4.69) is 22.1 Å². The van der Waals surface area contributed by atoms with E-state index < -0.39 is 5.60 Å². The van der Waals surface area contributed by atoms with Crippen molar-refractivity contribution in [2.75, 3.05) is 19.0 Å². The van der Waals surface area contributed by atoms with E-state index in [4.69, 9.17) is 10.5 Å². The van der Waals surface area contributed by atoms with E-state index in [-0.39, 0.29) is 12.3 Å². The quantitative estimate of drug-likeness (QED) is 0.797. The molecule has 1 amide bonds. The highest BCUT2D eigenvalue weighted by molar-refractivity contribution is 5.90. The van der Waals surface area contributed by atoms with Crippen molar-refractivity contribution < 1.29 is 9.53 Å². The molecule has 5 heteroatoms. The maximum atomic E-state index is 11.8. The summed E-state index contributed by atoms with van der Waals surface area (Å²) in [4.78, 5) is 15.9. The molecule has 1 aromatic rings. The van der Waals surface area contributed by atoms with E-state index in [0.717, 1.165) is 5.56 Å². The van der Waals surface area contributed by atoms with Gasteiger partial charge in [0.2, 0.25) is 5.91 Å². The Kier molecular flexibility index (Phi) is 5.49. The minimum atomic E-state index is -0.499. The third-order valence-corrected chi connectivity index (χ3v) is 2.50. The standard InChI is InChI=1S/C14H19N3O2/c1-14(2,19-3)10-13(18)17-12-9-11(5-4-7-15)6-8-16-12/h6,8-9H,7,10,15H2,1-3H3,(H,16,17,18). The number of anilines is 1. The molecule has 0 bridgehead atoms. The van der Waals surface area contributed by atoms with Gasteiger partial charge in [0, 0.05) is 18.9 Å². The molecule has 1 heterocycles. The number of nitrogens with zero attached hydrogens (tertiary/aromatic N) is 1. The van der Waals surface area contributed by atoms with Crippen LogP contribution in [0.2, 0.25) is 0 Å². The van der Waals surface area contributed by atoms with Crippen molar-refractivity contribution in [3.63, 3.8) is 0 Å².